The predicted octanol–water partition coefficient (Wildman–Crippen LogP) is 5.87. The van der Waals surface area contributed by atoms with Crippen molar-refractivity contribution in [2.45, 2.75) is 19.9 Å². The number of aryl methyl sites for hydroxylation is 1. The fourth-order valence-corrected chi connectivity index (χ4v) is 4.22. The Morgan fingerprint density at radius 3 is 2.31 bits per heavy atom. The Bertz CT molecular complexity index is 1420. The summed E-state index contributed by atoms with van der Waals surface area (Å²) in [7, 11) is 4.74. The summed E-state index contributed by atoms with van der Waals surface area (Å²) in [6.07, 6.45) is 0.907. The summed E-state index contributed by atoms with van der Waals surface area (Å²) >= 11 is 0. The van der Waals surface area contributed by atoms with Crippen molar-refractivity contribution >= 4 is 22.5 Å². The van der Waals surface area contributed by atoms with Crippen LogP contribution in [0.4, 0.5) is 5.69 Å². The topological polar surface area (TPSA) is 85.5 Å². The lowest BCUT2D eigenvalue weighted by Crippen LogP contribution is -2.12. The van der Waals surface area contributed by atoms with Crippen LogP contribution in [0.1, 0.15) is 29.3 Å². The van der Waals surface area contributed by atoms with Crippen molar-refractivity contribution in [2.24, 2.45) is 0 Å². The van der Waals surface area contributed by atoms with Gasteiger partial charge in [-0.25, -0.2) is 0 Å². The zero-order chi connectivity index (χ0) is 24.9. The van der Waals surface area contributed by atoms with Gasteiger partial charge in [0.15, 0.2) is 11.5 Å². The van der Waals surface area contributed by atoms with E-state index in [0.717, 1.165) is 40.9 Å². The first kappa shape index (κ1) is 23.7. The van der Waals surface area contributed by atoms with Crippen LogP contribution in [0.3, 0.4) is 0 Å². The van der Waals surface area contributed by atoms with Crippen LogP contribution in [0.15, 0.2) is 60.7 Å². The lowest BCUT2D eigenvalue weighted by molar-refractivity contribution is 0.102. The second-order valence-electron chi connectivity index (χ2n) is 7.97. The Kier molecular flexibility index (Phi) is 6.93. The third kappa shape index (κ3) is 4.51. The number of carbonyl (C=O) groups excluding carboxylic acids is 1. The summed E-state index contributed by atoms with van der Waals surface area (Å²) in [4.78, 5) is 12.9. The fraction of sp³-hybridized carbons (Fsp3) is 0.214. The molecule has 0 atom stereocenters. The summed E-state index contributed by atoms with van der Waals surface area (Å²) < 4.78 is 18.1. The average molecular weight is 470 g/mol. The SMILES string of the molecule is CCCn1c(-c2ccc(C(=O)Nc3ccc(OC)c(OC)c3)cc2)c(C#N)c2ccc(OC)cc21. The van der Waals surface area contributed by atoms with Gasteiger partial charge in [0, 0.05) is 35.3 Å². The van der Waals surface area contributed by atoms with Gasteiger partial charge in [-0.3, -0.25) is 4.79 Å². The van der Waals surface area contributed by atoms with Gasteiger partial charge in [-0.1, -0.05) is 19.1 Å². The molecule has 0 radical (unpaired) electrons. The number of fused-ring (bicyclic) bond motifs is 1. The van der Waals surface area contributed by atoms with Gasteiger partial charge < -0.3 is 24.1 Å². The number of nitrogens with one attached hydrogen (secondary N) is 1. The number of benzene rings is 3. The Labute approximate surface area is 204 Å². The number of hydrogen-bond acceptors (Lipinski definition) is 5. The molecule has 1 N–H and O–H groups in total. The molecular weight excluding hydrogens is 442 g/mol. The van der Waals surface area contributed by atoms with Gasteiger partial charge in [0.25, 0.3) is 5.91 Å². The van der Waals surface area contributed by atoms with Crippen LogP contribution in [-0.2, 0) is 6.54 Å². The molecule has 0 aliphatic carbocycles. The quantitative estimate of drug-likeness (QED) is 0.349. The minimum absolute atomic E-state index is 0.247. The molecule has 0 unspecified atom stereocenters. The number of hydrogen-bond donors (Lipinski definition) is 1. The molecule has 4 rings (SSSR count). The van der Waals surface area contributed by atoms with Crippen LogP contribution >= 0.6 is 0 Å². The fourth-order valence-electron chi connectivity index (χ4n) is 4.22. The Morgan fingerprint density at radius 2 is 1.69 bits per heavy atom. The zero-order valence-electron chi connectivity index (χ0n) is 20.2. The normalized spacial score (nSPS) is 10.6. The number of carbonyl (C=O) groups is 1. The first-order valence-corrected chi connectivity index (χ1v) is 11.3. The molecule has 1 heterocycles. The standard InChI is InChI=1S/C28H27N3O4/c1-5-14-31-24-16-21(33-2)11-12-22(24)23(17-29)27(31)18-6-8-19(9-7-18)28(32)30-20-10-13-25(34-3)26(15-20)35-4/h6-13,15-16H,5,14H2,1-4H3,(H,30,32). The lowest BCUT2D eigenvalue weighted by Gasteiger charge is -2.12. The van der Waals surface area contributed by atoms with Gasteiger partial charge >= 0.3 is 0 Å². The van der Waals surface area contributed by atoms with E-state index in [1.54, 1.807) is 51.7 Å². The molecule has 3 aromatic carbocycles. The smallest absolute Gasteiger partial charge is 0.255 e. The number of amides is 1. The van der Waals surface area contributed by atoms with Gasteiger partial charge in [0.2, 0.25) is 0 Å². The Hall–Kier alpha value is -4.44. The summed E-state index contributed by atoms with van der Waals surface area (Å²) in [5.41, 5.74) is 4.37. The van der Waals surface area contributed by atoms with Crippen molar-refractivity contribution in [1.29, 1.82) is 5.26 Å². The number of nitriles is 1. The number of methoxy groups -OCH3 is 3. The first-order valence-electron chi connectivity index (χ1n) is 11.3. The second kappa shape index (κ2) is 10.2. The van der Waals surface area contributed by atoms with Crippen molar-refractivity contribution in [3.63, 3.8) is 0 Å². The highest BCUT2D eigenvalue weighted by Gasteiger charge is 2.19. The number of nitrogens with zero attached hydrogens (tertiary/aromatic N) is 2. The maximum absolute atomic E-state index is 12.9. The molecule has 178 valence electrons. The van der Waals surface area contributed by atoms with Crippen molar-refractivity contribution in [3.05, 3.63) is 71.8 Å². The molecule has 0 fully saturated rings. The van der Waals surface area contributed by atoms with Gasteiger partial charge in [0.05, 0.1) is 38.1 Å². The summed E-state index contributed by atoms with van der Waals surface area (Å²) in [5.74, 6) is 1.61. The molecule has 4 aromatic rings. The third-order valence-electron chi connectivity index (χ3n) is 5.89. The van der Waals surface area contributed by atoms with Gasteiger partial charge in [-0.15, -0.1) is 0 Å². The van der Waals surface area contributed by atoms with Gasteiger partial charge in [-0.05, 0) is 48.4 Å². The zero-order valence-corrected chi connectivity index (χ0v) is 20.2. The molecule has 7 nitrogen and oxygen atoms in total. The van der Waals surface area contributed by atoms with Gasteiger partial charge in [0.1, 0.15) is 11.8 Å². The lowest BCUT2D eigenvalue weighted by atomic mass is 10.0. The van der Waals surface area contributed by atoms with E-state index in [-0.39, 0.29) is 5.91 Å². The van der Waals surface area contributed by atoms with Crippen LogP contribution in [-0.4, -0.2) is 31.8 Å². The molecule has 1 aromatic heterocycles. The van der Waals surface area contributed by atoms with E-state index in [2.05, 4.69) is 22.9 Å². The molecule has 0 saturated heterocycles. The Morgan fingerprint density at radius 1 is 0.943 bits per heavy atom. The molecule has 0 aliphatic heterocycles. The molecule has 1 amide bonds. The highest BCUT2D eigenvalue weighted by atomic mass is 16.5. The van der Waals surface area contributed by atoms with E-state index in [9.17, 15) is 10.1 Å². The third-order valence-corrected chi connectivity index (χ3v) is 5.89. The van der Waals surface area contributed by atoms with E-state index in [1.807, 2.05) is 30.3 Å². The van der Waals surface area contributed by atoms with E-state index in [0.29, 0.717) is 28.3 Å². The Balaban J connectivity index is 1.68. The maximum Gasteiger partial charge on any atom is 0.255 e. The molecule has 7 heteroatoms. The van der Waals surface area contributed by atoms with Crippen molar-refractivity contribution < 1.29 is 19.0 Å². The second-order valence-corrected chi connectivity index (χ2v) is 7.97. The van der Waals surface area contributed by atoms with E-state index < -0.39 is 0 Å². The van der Waals surface area contributed by atoms with E-state index in [4.69, 9.17) is 14.2 Å². The van der Waals surface area contributed by atoms with E-state index in [1.165, 1.54) is 0 Å². The van der Waals surface area contributed by atoms with E-state index >= 15 is 0 Å². The minimum Gasteiger partial charge on any atom is -0.497 e. The molecule has 0 aliphatic rings. The summed E-state index contributed by atoms with van der Waals surface area (Å²) in [6.45, 7) is 2.85. The molecule has 0 bridgehead atoms. The van der Waals surface area contributed by atoms with Crippen LogP contribution in [0.2, 0.25) is 0 Å². The number of ether oxygens (including phenoxy) is 3. The van der Waals surface area contributed by atoms with Crippen LogP contribution in [0.25, 0.3) is 22.2 Å². The minimum atomic E-state index is -0.247. The maximum atomic E-state index is 12.9. The number of aromatic nitrogens is 1. The number of rotatable bonds is 8. The number of anilines is 1. The van der Waals surface area contributed by atoms with Crippen molar-refractivity contribution in [2.75, 3.05) is 26.6 Å². The van der Waals surface area contributed by atoms with Crippen LogP contribution in [0, 0.1) is 11.3 Å². The largest absolute Gasteiger partial charge is 0.497 e. The van der Waals surface area contributed by atoms with Crippen molar-refractivity contribution in [3.8, 4) is 34.6 Å². The summed E-state index contributed by atoms with van der Waals surface area (Å²) in [6, 6.07) is 20.6. The predicted molar refractivity (Wildman–Crippen MR) is 136 cm³/mol. The van der Waals surface area contributed by atoms with Crippen LogP contribution in [0.5, 0.6) is 17.2 Å². The summed E-state index contributed by atoms with van der Waals surface area (Å²) in [5, 5.41) is 13.8. The highest BCUT2D eigenvalue weighted by Crippen LogP contribution is 2.36. The molecular formula is C28H27N3O4. The first-order chi connectivity index (χ1) is 17.0. The van der Waals surface area contributed by atoms with Gasteiger partial charge in [-0.2, -0.15) is 5.26 Å². The molecule has 35 heavy (non-hydrogen) atoms. The molecule has 0 spiro atoms. The monoisotopic (exact) mass is 469 g/mol. The highest BCUT2D eigenvalue weighted by molar-refractivity contribution is 6.05. The average Bonchev–Trinajstić information content (AvgIpc) is 3.21. The molecule has 0 saturated carbocycles. The van der Waals surface area contributed by atoms with Crippen molar-refractivity contribution in [1.82, 2.24) is 4.57 Å². The van der Waals surface area contributed by atoms with Crippen LogP contribution < -0.4 is 19.5 Å².